The van der Waals surface area contributed by atoms with E-state index in [2.05, 4.69) is 29.8 Å². The molecule has 0 saturated heterocycles. The summed E-state index contributed by atoms with van der Waals surface area (Å²) in [6, 6.07) is 8.48. The van der Waals surface area contributed by atoms with Gasteiger partial charge < -0.3 is 24.8 Å². The number of aryl methyl sites for hydroxylation is 1. The third-order valence-electron chi connectivity index (χ3n) is 8.41. The molecule has 0 saturated carbocycles. The summed E-state index contributed by atoms with van der Waals surface area (Å²) < 4.78 is 8.11. The lowest BCUT2D eigenvalue weighted by Crippen LogP contribution is -2.41. The van der Waals surface area contributed by atoms with E-state index in [-0.39, 0.29) is 39.5 Å². The van der Waals surface area contributed by atoms with Crippen molar-refractivity contribution in [2.75, 3.05) is 6.54 Å². The molecule has 3 aromatic rings. The number of nitrogens with one attached hydrogen (secondary N) is 1. The number of fused-ring (bicyclic) bond motifs is 4. The Morgan fingerprint density at radius 2 is 1.81 bits per heavy atom. The van der Waals surface area contributed by atoms with Gasteiger partial charge in [0, 0.05) is 36.3 Å². The van der Waals surface area contributed by atoms with Crippen molar-refractivity contribution in [3.63, 3.8) is 0 Å². The SMILES string of the molecule is CC(=O)c1c(O)c(C)c(O)c2c1OC1=CC(=O)/C(=C(/C)NCCCCCc3nc4ccccc4n3C(C)C)C(=O)[C@]12C. The van der Waals surface area contributed by atoms with Gasteiger partial charge >= 0.3 is 0 Å². The lowest BCUT2D eigenvalue weighted by atomic mass is 9.70. The number of ketones is 3. The summed E-state index contributed by atoms with van der Waals surface area (Å²) in [6.07, 6.45) is 4.81. The van der Waals surface area contributed by atoms with Gasteiger partial charge in [-0.3, -0.25) is 14.4 Å². The molecule has 0 fully saturated rings. The molecule has 1 atom stereocenters. The summed E-state index contributed by atoms with van der Waals surface area (Å²) in [4.78, 5) is 44.2. The Kier molecular flexibility index (Phi) is 7.47. The number of rotatable bonds is 9. The van der Waals surface area contributed by atoms with Crippen molar-refractivity contribution < 1.29 is 29.3 Å². The number of para-hydroxylation sites is 2. The minimum absolute atomic E-state index is 0.0159. The van der Waals surface area contributed by atoms with E-state index in [4.69, 9.17) is 9.72 Å². The Hall–Kier alpha value is -4.40. The van der Waals surface area contributed by atoms with Crippen molar-refractivity contribution >= 4 is 28.4 Å². The molecule has 1 aliphatic carbocycles. The maximum Gasteiger partial charge on any atom is 0.194 e. The first-order valence-corrected chi connectivity index (χ1v) is 14.4. The monoisotopic (exact) mass is 571 g/mol. The molecule has 2 heterocycles. The Labute approximate surface area is 244 Å². The van der Waals surface area contributed by atoms with Gasteiger partial charge in [0.2, 0.25) is 0 Å². The number of unbranched alkanes of at least 4 members (excludes halogenated alkanes) is 2. The van der Waals surface area contributed by atoms with E-state index < -0.39 is 28.5 Å². The van der Waals surface area contributed by atoms with Crippen LogP contribution in [0.2, 0.25) is 0 Å². The number of imidazole rings is 1. The highest BCUT2D eigenvalue weighted by atomic mass is 16.5. The third kappa shape index (κ3) is 4.47. The van der Waals surface area contributed by atoms with Crippen molar-refractivity contribution in [3.8, 4) is 17.2 Å². The molecule has 2 aliphatic rings. The van der Waals surface area contributed by atoms with Crippen molar-refractivity contribution in [2.24, 2.45) is 0 Å². The maximum absolute atomic E-state index is 13.9. The lowest BCUT2D eigenvalue weighted by molar-refractivity contribution is -0.123. The summed E-state index contributed by atoms with van der Waals surface area (Å²) in [6.45, 7) is 10.9. The van der Waals surface area contributed by atoms with E-state index >= 15 is 0 Å². The smallest absolute Gasteiger partial charge is 0.194 e. The zero-order chi connectivity index (χ0) is 30.5. The van der Waals surface area contributed by atoms with E-state index in [1.165, 1.54) is 19.9 Å². The average molecular weight is 572 g/mol. The number of aromatic hydroxyl groups is 2. The van der Waals surface area contributed by atoms with Crippen LogP contribution in [0.4, 0.5) is 0 Å². The van der Waals surface area contributed by atoms with E-state index in [1.54, 1.807) is 13.8 Å². The molecule has 0 radical (unpaired) electrons. The molecule has 220 valence electrons. The zero-order valence-electron chi connectivity index (χ0n) is 24.9. The Morgan fingerprint density at radius 1 is 1.10 bits per heavy atom. The van der Waals surface area contributed by atoms with Crippen molar-refractivity contribution in [2.45, 2.75) is 78.7 Å². The third-order valence-corrected chi connectivity index (χ3v) is 8.41. The Bertz CT molecular complexity index is 1710. The normalized spacial score (nSPS) is 19.1. The maximum atomic E-state index is 13.9. The quantitative estimate of drug-likeness (QED) is 0.133. The molecule has 3 N–H and O–H groups in total. The van der Waals surface area contributed by atoms with Gasteiger partial charge in [0.1, 0.15) is 39.8 Å². The van der Waals surface area contributed by atoms with Gasteiger partial charge in [-0.15, -0.1) is 0 Å². The average Bonchev–Trinajstić information content (AvgIpc) is 3.44. The fraction of sp³-hybridized carbons (Fsp3) is 0.394. The van der Waals surface area contributed by atoms with E-state index in [0.717, 1.165) is 42.5 Å². The van der Waals surface area contributed by atoms with Gasteiger partial charge in [-0.1, -0.05) is 18.6 Å². The number of carbonyl (C=O) groups is 3. The summed E-state index contributed by atoms with van der Waals surface area (Å²) in [7, 11) is 0. The molecular formula is C33H37N3O6. The molecule has 9 heteroatoms. The summed E-state index contributed by atoms with van der Waals surface area (Å²) >= 11 is 0. The van der Waals surface area contributed by atoms with Crippen LogP contribution in [0.25, 0.3) is 11.0 Å². The highest BCUT2D eigenvalue weighted by Gasteiger charge is 2.56. The molecule has 2 aromatic carbocycles. The van der Waals surface area contributed by atoms with Crippen LogP contribution >= 0.6 is 0 Å². The number of hydrogen-bond acceptors (Lipinski definition) is 8. The van der Waals surface area contributed by atoms with Crippen LogP contribution in [0.1, 0.15) is 87.2 Å². The highest BCUT2D eigenvalue weighted by Crippen LogP contribution is 2.57. The fourth-order valence-corrected chi connectivity index (χ4v) is 6.16. The highest BCUT2D eigenvalue weighted by molar-refractivity contribution is 6.31. The summed E-state index contributed by atoms with van der Waals surface area (Å²) in [5, 5.41) is 24.7. The number of allylic oxidation sites excluding steroid dienone is 4. The topological polar surface area (TPSA) is 131 Å². The second kappa shape index (κ2) is 10.8. The van der Waals surface area contributed by atoms with E-state index in [1.807, 2.05) is 18.2 Å². The molecule has 0 bridgehead atoms. The second-order valence-corrected chi connectivity index (χ2v) is 11.6. The van der Waals surface area contributed by atoms with Crippen LogP contribution in [0.3, 0.4) is 0 Å². The number of aromatic nitrogens is 2. The second-order valence-electron chi connectivity index (χ2n) is 11.6. The molecule has 1 aliphatic heterocycles. The minimum atomic E-state index is -1.52. The molecule has 0 amide bonds. The largest absolute Gasteiger partial charge is 0.507 e. The van der Waals surface area contributed by atoms with E-state index in [9.17, 15) is 24.6 Å². The molecule has 0 spiro atoms. The Morgan fingerprint density at radius 3 is 2.50 bits per heavy atom. The number of benzene rings is 2. The van der Waals surface area contributed by atoms with Crippen LogP contribution in [0.15, 0.2) is 47.4 Å². The fourth-order valence-electron chi connectivity index (χ4n) is 6.16. The van der Waals surface area contributed by atoms with Gasteiger partial charge in [0.05, 0.1) is 22.2 Å². The van der Waals surface area contributed by atoms with Crippen molar-refractivity contribution in [1.29, 1.82) is 0 Å². The predicted octanol–water partition coefficient (Wildman–Crippen LogP) is 5.50. The van der Waals surface area contributed by atoms with Gasteiger partial charge in [-0.25, -0.2) is 4.98 Å². The number of nitrogens with zero attached hydrogens (tertiary/aromatic N) is 2. The number of hydrogen-bond donors (Lipinski definition) is 3. The first-order chi connectivity index (χ1) is 19.9. The van der Waals surface area contributed by atoms with Crippen LogP contribution in [-0.2, 0) is 21.4 Å². The number of Topliss-reactive ketones (excluding diaryl/α,β-unsaturated/α-hetero) is 2. The molecular weight excluding hydrogens is 534 g/mol. The number of phenolic OH excluding ortho intramolecular Hbond substituents is 2. The molecule has 0 unspecified atom stereocenters. The van der Waals surface area contributed by atoms with Crippen LogP contribution in [-0.4, -0.2) is 43.7 Å². The Balaban J connectivity index is 1.29. The summed E-state index contributed by atoms with van der Waals surface area (Å²) in [5.41, 5.74) is 1.09. The predicted molar refractivity (Wildman–Crippen MR) is 159 cm³/mol. The minimum Gasteiger partial charge on any atom is -0.507 e. The first-order valence-electron chi connectivity index (χ1n) is 14.4. The van der Waals surface area contributed by atoms with Crippen molar-refractivity contribution in [3.05, 3.63) is 69.9 Å². The van der Waals surface area contributed by atoms with Gasteiger partial charge in [-0.05, 0) is 66.5 Å². The molecule has 1 aromatic heterocycles. The van der Waals surface area contributed by atoms with Crippen LogP contribution in [0.5, 0.6) is 17.2 Å². The first kappa shape index (κ1) is 29.1. The molecule has 42 heavy (non-hydrogen) atoms. The van der Waals surface area contributed by atoms with Crippen molar-refractivity contribution in [1.82, 2.24) is 14.9 Å². The van der Waals surface area contributed by atoms with Gasteiger partial charge in [0.15, 0.2) is 17.3 Å². The van der Waals surface area contributed by atoms with Crippen LogP contribution < -0.4 is 10.1 Å². The number of phenols is 2. The van der Waals surface area contributed by atoms with E-state index in [0.29, 0.717) is 18.3 Å². The molecule has 5 rings (SSSR count). The molecule has 9 nitrogen and oxygen atoms in total. The van der Waals surface area contributed by atoms with Gasteiger partial charge in [0.25, 0.3) is 0 Å². The zero-order valence-corrected chi connectivity index (χ0v) is 24.9. The number of ether oxygens (including phenoxy) is 1. The van der Waals surface area contributed by atoms with Gasteiger partial charge in [-0.2, -0.15) is 0 Å². The lowest BCUT2D eigenvalue weighted by Gasteiger charge is -2.29. The summed E-state index contributed by atoms with van der Waals surface area (Å²) in [5.74, 6) is -1.25. The standard InChI is InChI=1S/C33H37N3O6/c1-17(2)36-22-13-10-9-12-21(22)35-25(36)14-8-7-11-15-34-19(4)26-23(38)16-24-33(6,32(26)41)28-30(40)18(3)29(39)27(20(5)37)31(28)42-24/h9-10,12-13,16-17,34,39-40H,7-8,11,14-15H2,1-6H3/b26-19+/t33-/m1/s1. The van der Waals surface area contributed by atoms with Crippen LogP contribution in [0, 0.1) is 6.92 Å². The number of carbonyl (C=O) groups excluding carboxylic acids is 3.